The number of aryl methyl sites for hydroxylation is 1. The highest BCUT2D eigenvalue weighted by molar-refractivity contribution is 5.95. The van der Waals surface area contributed by atoms with E-state index in [-0.39, 0.29) is 12.8 Å². The van der Waals surface area contributed by atoms with Gasteiger partial charge in [0.05, 0.1) is 19.1 Å². The first kappa shape index (κ1) is 21.3. The molecule has 3 aromatic carbocycles. The van der Waals surface area contributed by atoms with Gasteiger partial charge >= 0.3 is 5.97 Å². The molecule has 1 heterocycles. The maximum atomic E-state index is 13.4. The van der Waals surface area contributed by atoms with Crippen molar-refractivity contribution in [1.82, 2.24) is 0 Å². The van der Waals surface area contributed by atoms with Crippen molar-refractivity contribution in [3.8, 4) is 22.6 Å². The molecule has 0 bridgehead atoms. The molecule has 5 nitrogen and oxygen atoms in total. The Hall–Kier alpha value is -3.60. The molecule has 5 heteroatoms. The molecule has 0 saturated heterocycles. The molecule has 33 heavy (non-hydrogen) atoms. The van der Waals surface area contributed by atoms with Crippen LogP contribution in [0.4, 0.5) is 0 Å². The van der Waals surface area contributed by atoms with Gasteiger partial charge in [-0.3, -0.25) is 4.79 Å². The number of ketones is 1. The molecule has 0 amide bonds. The zero-order valence-corrected chi connectivity index (χ0v) is 18.8. The predicted octanol–water partition coefficient (Wildman–Crippen LogP) is 5.39. The van der Waals surface area contributed by atoms with Crippen molar-refractivity contribution in [1.29, 1.82) is 0 Å². The Morgan fingerprint density at radius 1 is 1.09 bits per heavy atom. The monoisotopic (exact) mass is 444 g/mol. The molecular weight excluding hydrogens is 416 g/mol. The molecule has 1 aliphatic heterocycles. The third-order valence-electron chi connectivity index (χ3n) is 6.92. The Balaban J connectivity index is 0.00000274. The lowest BCUT2D eigenvalue weighted by atomic mass is 9.86. The molecule has 0 aromatic heterocycles. The highest BCUT2D eigenvalue weighted by Crippen LogP contribution is 2.50. The van der Waals surface area contributed by atoms with Crippen LogP contribution in [0.25, 0.3) is 11.1 Å². The zero-order valence-electron chi connectivity index (χ0n) is 18.8. The van der Waals surface area contributed by atoms with E-state index in [2.05, 4.69) is 0 Å². The number of benzene rings is 3. The van der Waals surface area contributed by atoms with E-state index < -0.39 is 11.4 Å². The summed E-state index contributed by atoms with van der Waals surface area (Å²) in [4.78, 5) is 25.2. The Morgan fingerprint density at radius 3 is 2.52 bits per heavy atom. The number of hydrogen-bond donors (Lipinski definition) is 1. The molecule has 0 spiro atoms. The molecule has 0 atom stereocenters. The number of fused-ring (bicyclic) bond motifs is 1. The van der Waals surface area contributed by atoms with Crippen molar-refractivity contribution in [2.75, 3.05) is 13.7 Å². The Kier molecular flexibility index (Phi) is 5.20. The van der Waals surface area contributed by atoms with Gasteiger partial charge in [-0.1, -0.05) is 30.3 Å². The molecule has 0 unspecified atom stereocenters. The number of carboxylic acids is 1. The summed E-state index contributed by atoms with van der Waals surface area (Å²) in [5.41, 5.74) is 5.53. The van der Waals surface area contributed by atoms with Gasteiger partial charge in [0.15, 0.2) is 0 Å². The van der Waals surface area contributed by atoms with E-state index in [1.807, 2.05) is 55.5 Å². The van der Waals surface area contributed by atoms with Crippen LogP contribution in [-0.4, -0.2) is 30.6 Å². The number of rotatable bonds is 7. The number of carbonyl (C=O) groups is 2. The van der Waals surface area contributed by atoms with Gasteiger partial charge in [-0.25, -0.2) is 4.79 Å². The van der Waals surface area contributed by atoms with E-state index in [4.69, 9.17) is 9.47 Å². The standard InChI is InChI=1S/C28H26O5.H2/c1-17-3-4-18(14-25(29)28(10-11-28)21-5-7-22(32-2)8-6-21)13-23(17)20-15-19-9-12-33-26(19)24(16-20)27(30)31;/h3-8,13,15-16H,9-12,14H2,1-2H3,(H,30,31);1H. The first-order valence-electron chi connectivity index (χ1n) is 11.2. The normalized spacial score (nSPS) is 15.5. The molecule has 0 radical (unpaired) electrons. The summed E-state index contributed by atoms with van der Waals surface area (Å²) in [6, 6.07) is 17.5. The van der Waals surface area contributed by atoms with Crippen molar-refractivity contribution in [3.05, 3.63) is 82.4 Å². The molecule has 1 saturated carbocycles. The van der Waals surface area contributed by atoms with Crippen molar-refractivity contribution in [3.63, 3.8) is 0 Å². The summed E-state index contributed by atoms with van der Waals surface area (Å²) in [6.07, 6.45) is 2.78. The van der Waals surface area contributed by atoms with Crippen molar-refractivity contribution in [2.24, 2.45) is 0 Å². The highest BCUT2D eigenvalue weighted by Gasteiger charge is 2.50. The number of aromatic carboxylic acids is 1. The summed E-state index contributed by atoms with van der Waals surface area (Å²) in [7, 11) is 1.63. The quantitative estimate of drug-likeness (QED) is 0.529. The van der Waals surface area contributed by atoms with Gasteiger partial charge in [0, 0.05) is 14.3 Å². The second kappa shape index (κ2) is 8.07. The third kappa shape index (κ3) is 3.78. The number of Topliss-reactive ketones (excluding diaryl/α,β-unsaturated/α-hetero) is 1. The van der Waals surface area contributed by atoms with Crippen LogP contribution >= 0.6 is 0 Å². The van der Waals surface area contributed by atoms with E-state index in [0.29, 0.717) is 25.2 Å². The molecule has 5 rings (SSSR count). The summed E-state index contributed by atoms with van der Waals surface area (Å²) in [5.74, 6) is 0.487. The Morgan fingerprint density at radius 2 is 1.85 bits per heavy atom. The van der Waals surface area contributed by atoms with E-state index in [1.54, 1.807) is 13.2 Å². The molecular formula is C28H28O5. The van der Waals surface area contributed by atoms with Crippen LogP contribution in [0.15, 0.2) is 54.6 Å². The van der Waals surface area contributed by atoms with Gasteiger partial charge in [-0.15, -0.1) is 0 Å². The number of carboxylic acid groups (broad SMARTS) is 1. The summed E-state index contributed by atoms with van der Waals surface area (Å²) >= 11 is 0. The maximum Gasteiger partial charge on any atom is 0.339 e. The van der Waals surface area contributed by atoms with Crippen LogP contribution < -0.4 is 9.47 Å². The molecule has 1 N–H and O–H groups in total. The number of hydrogen-bond acceptors (Lipinski definition) is 4. The van der Waals surface area contributed by atoms with Gasteiger partial charge in [0.2, 0.25) is 0 Å². The lowest BCUT2D eigenvalue weighted by Crippen LogP contribution is -2.22. The van der Waals surface area contributed by atoms with E-state index in [1.165, 1.54) is 0 Å². The predicted molar refractivity (Wildman–Crippen MR) is 128 cm³/mol. The molecule has 2 aliphatic rings. The molecule has 1 fully saturated rings. The topological polar surface area (TPSA) is 72.8 Å². The lowest BCUT2D eigenvalue weighted by Gasteiger charge is -2.16. The fourth-order valence-corrected chi connectivity index (χ4v) is 4.83. The number of ether oxygens (including phenoxy) is 2. The van der Waals surface area contributed by atoms with Crippen molar-refractivity contribution >= 4 is 11.8 Å². The second-order valence-electron chi connectivity index (χ2n) is 8.98. The van der Waals surface area contributed by atoms with Gasteiger partial charge in [-0.2, -0.15) is 0 Å². The second-order valence-corrected chi connectivity index (χ2v) is 8.98. The first-order valence-corrected chi connectivity index (χ1v) is 11.2. The number of methoxy groups -OCH3 is 1. The fourth-order valence-electron chi connectivity index (χ4n) is 4.83. The fraction of sp³-hybridized carbons (Fsp3) is 0.286. The zero-order chi connectivity index (χ0) is 23.2. The largest absolute Gasteiger partial charge is 0.497 e. The number of carbonyl (C=O) groups excluding carboxylic acids is 1. The maximum absolute atomic E-state index is 13.4. The smallest absolute Gasteiger partial charge is 0.339 e. The average Bonchev–Trinajstić information content (AvgIpc) is 3.50. The van der Waals surface area contributed by atoms with E-state index in [9.17, 15) is 14.7 Å². The van der Waals surface area contributed by atoms with E-state index >= 15 is 0 Å². The first-order chi connectivity index (χ1) is 15.9. The Bertz CT molecular complexity index is 1260. The molecule has 3 aromatic rings. The third-order valence-corrected chi connectivity index (χ3v) is 6.92. The summed E-state index contributed by atoms with van der Waals surface area (Å²) in [6.45, 7) is 2.50. The van der Waals surface area contributed by atoms with Crippen LogP contribution in [0.3, 0.4) is 0 Å². The minimum atomic E-state index is -0.992. The van der Waals surface area contributed by atoms with Crippen LogP contribution in [0.5, 0.6) is 11.5 Å². The highest BCUT2D eigenvalue weighted by atomic mass is 16.5. The van der Waals surface area contributed by atoms with Gasteiger partial charge in [0.1, 0.15) is 22.8 Å². The van der Waals surface area contributed by atoms with Crippen LogP contribution in [0.1, 0.15) is 46.9 Å². The summed E-state index contributed by atoms with van der Waals surface area (Å²) in [5, 5.41) is 9.67. The Labute approximate surface area is 194 Å². The van der Waals surface area contributed by atoms with Gasteiger partial charge < -0.3 is 14.6 Å². The minimum Gasteiger partial charge on any atom is -0.497 e. The average molecular weight is 445 g/mol. The van der Waals surface area contributed by atoms with Gasteiger partial charge in [-0.05, 0) is 77.4 Å². The van der Waals surface area contributed by atoms with Crippen LogP contribution in [0, 0.1) is 6.92 Å². The molecule has 170 valence electrons. The van der Waals surface area contributed by atoms with Crippen LogP contribution in [-0.2, 0) is 23.1 Å². The van der Waals surface area contributed by atoms with Crippen molar-refractivity contribution in [2.45, 2.75) is 38.0 Å². The van der Waals surface area contributed by atoms with E-state index in [0.717, 1.165) is 52.0 Å². The summed E-state index contributed by atoms with van der Waals surface area (Å²) < 4.78 is 10.8. The van der Waals surface area contributed by atoms with Gasteiger partial charge in [0.25, 0.3) is 0 Å². The lowest BCUT2D eigenvalue weighted by molar-refractivity contribution is -0.120. The van der Waals surface area contributed by atoms with Crippen LogP contribution in [0.2, 0.25) is 0 Å². The SMILES string of the molecule is COc1ccc(C2(C(=O)Cc3ccc(C)c(-c4cc5c(c(C(=O)O)c4)OCC5)c3)CC2)cc1.[HH]. The van der Waals surface area contributed by atoms with Crippen molar-refractivity contribution < 1.29 is 25.6 Å². The molecule has 1 aliphatic carbocycles. The minimum absolute atomic E-state index is 0.